The van der Waals surface area contributed by atoms with Crippen molar-refractivity contribution in [3.05, 3.63) is 18.0 Å². The first-order chi connectivity index (χ1) is 7.13. The summed E-state index contributed by atoms with van der Waals surface area (Å²) in [7, 11) is 1.88. The van der Waals surface area contributed by atoms with E-state index in [2.05, 4.69) is 17.1 Å². The van der Waals surface area contributed by atoms with E-state index in [4.69, 9.17) is 5.73 Å². The van der Waals surface area contributed by atoms with Crippen LogP contribution < -0.4 is 5.73 Å². The summed E-state index contributed by atoms with van der Waals surface area (Å²) in [6.07, 6.45) is 1.66. The van der Waals surface area contributed by atoms with Gasteiger partial charge in [0.25, 0.3) is 0 Å². The van der Waals surface area contributed by atoms with Crippen LogP contribution in [0.5, 0.6) is 0 Å². The maximum Gasteiger partial charge on any atom is 0.109 e. The molecule has 0 amide bonds. The molecule has 2 aromatic rings. The highest BCUT2D eigenvalue weighted by Gasteiger charge is 2.13. The first-order valence-electron chi connectivity index (χ1n) is 4.95. The topological polar surface area (TPSA) is 61.7 Å². The molecule has 0 spiro atoms. The molecule has 0 aliphatic heterocycles. The molecule has 15 heavy (non-hydrogen) atoms. The lowest BCUT2D eigenvalue weighted by atomic mass is 10.2. The smallest absolute Gasteiger partial charge is 0.109 e. The van der Waals surface area contributed by atoms with Crippen molar-refractivity contribution in [3.63, 3.8) is 0 Å². The van der Waals surface area contributed by atoms with Gasteiger partial charge in [-0.3, -0.25) is 9.36 Å². The van der Waals surface area contributed by atoms with E-state index in [1.807, 2.05) is 24.7 Å². The van der Waals surface area contributed by atoms with E-state index < -0.39 is 0 Å². The van der Waals surface area contributed by atoms with Crippen LogP contribution in [0.2, 0.25) is 0 Å². The molecule has 0 aliphatic carbocycles. The molecule has 0 fully saturated rings. The van der Waals surface area contributed by atoms with Crippen LogP contribution in [0.1, 0.15) is 12.6 Å². The Morgan fingerprint density at radius 1 is 1.47 bits per heavy atom. The van der Waals surface area contributed by atoms with Crippen LogP contribution in [0.3, 0.4) is 0 Å². The van der Waals surface area contributed by atoms with Gasteiger partial charge < -0.3 is 5.73 Å². The zero-order valence-corrected chi connectivity index (χ0v) is 9.23. The minimum absolute atomic E-state index is 0.687. The largest absolute Gasteiger partial charge is 0.396 e. The SMILES string of the molecule is CCn1nc(C)cc1-c1c(N)cnn1C. The van der Waals surface area contributed by atoms with Crippen LogP contribution in [0.4, 0.5) is 5.69 Å². The van der Waals surface area contributed by atoms with Crippen molar-refractivity contribution in [2.24, 2.45) is 7.05 Å². The highest BCUT2D eigenvalue weighted by molar-refractivity contribution is 5.70. The van der Waals surface area contributed by atoms with Gasteiger partial charge in [-0.15, -0.1) is 0 Å². The molecule has 0 aliphatic rings. The van der Waals surface area contributed by atoms with Crippen LogP contribution >= 0.6 is 0 Å². The summed E-state index contributed by atoms with van der Waals surface area (Å²) in [5.74, 6) is 0. The summed E-state index contributed by atoms with van der Waals surface area (Å²) in [6, 6.07) is 2.02. The van der Waals surface area contributed by atoms with Crippen LogP contribution in [-0.4, -0.2) is 19.6 Å². The first kappa shape index (κ1) is 9.76. The second-order valence-electron chi connectivity index (χ2n) is 3.56. The molecule has 2 rings (SSSR count). The molecule has 0 saturated heterocycles. The van der Waals surface area contributed by atoms with Gasteiger partial charge in [0.2, 0.25) is 0 Å². The molecule has 0 unspecified atom stereocenters. The predicted molar refractivity (Wildman–Crippen MR) is 59.3 cm³/mol. The minimum atomic E-state index is 0.687. The Morgan fingerprint density at radius 3 is 2.73 bits per heavy atom. The number of anilines is 1. The maximum atomic E-state index is 5.88. The van der Waals surface area contributed by atoms with Gasteiger partial charge in [0.1, 0.15) is 5.69 Å². The molecule has 5 nitrogen and oxygen atoms in total. The Balaban J connectivity index is 2.62. The van der Waals surface area contributed by atoms with Crippen molar-refractivity contribution in [3.8, 4) is 11.4 Å². The Kier molecular flexibility index (Phi) is 2.22. The lowest BCUT2D eigenvalue weighted by Crippen LogP contribution is -2.04. The van der Waals surface area contributed by atoms with Gasteiger partial charge in [0.05, 0.1) is 23.3 Å². The first-order valence-corrected chi connectivity index (χ1v) is 4.95. The fraction of sp³-hybridized carbons (Fsp3) is 0.400. The van der Waals surface area contributed by atoms with Crippen molar-refractivity contribution in [1.29, 1.82) is 0 Å². The van der Waals surface area contributed by atoms with E-state index in [1.165, 1.54) is 0 Å². The average Bonchev–Trinajstić information content (AvgIpc) is 2.70. The molecule has 0 aromatic carbocycles. The second-order valence-corrected chi connectivity index (χ2v) is 3.56. The molecular weight excluding hydrogens is 190 g/mol. The minimum Gasteiger partial charge on any atom is -0.396 e. The molecule has 0 saturated carbocycles. The van der Waals surface area contributed by atoms with Gasteiger partial charge in [-0.1, -0.05) is 0 Å². The lowest BCUT2D eigenvalue weighted by molar-refractivity contribution is 0.652. The molecule has 5 heteroatoms. The van der Waals surface area contributed by atoms with Gasteiger partial charge in [-0.2, -0.15) is 10.2 Å². The summed E-state index contributed by atoms with van der Waals surface area (Å²) >= 11 is 0. The second kappa shape index (κ2) is 3.42. The van der Waals surface area contributed by atoms with Crippen molar-refractivity contribution < 1.29 is 0 Å². The molecule has 0 atom stereocenters. The van der Waals surface area contributed by atoms with Gasteiger partial charge in [0, 0.05) is 13.6 Å². The summed E-state index contributed by atoms with van der Waals surface area (Å²) < 4.78 is 3.71. The number of aryl methyl sites for hydroxylation is 3. The van der Waals surface area contributed by atoms with Crippen molar-refractivity contribution in [1.82, 2.24) is 19.6 Å². The zero-order chi connectivity index (χ0) is 11.0. The molecule has 0 bridgehead atoms. The van der Waals surface area contributed by atoms with Crippen molar-refractivity contribution in [2.75, 3.05) is 5.73 Å². The Hall–Kier alpha value is -1.78. The molecule has 2 N–H and O–H groups in total. The van der Waals surface area contributed by atoms with E-state index in [0.29, 0.717) is 5.69 Å². The monoisotopic (exact) mass is 205 g/mol. The fourth-order valence-electron chi connectivity index (χ4n) is 1.75. The van der Waals surface area contributed by atoms with Gasteiger partial charge in [-0.25, -0.2) is 0 Å². The van der Waals surface area contributed by atoms with Gasteiger partial charge in [-0.05, 0) is 19.9 Å². The van der Waals surface area contributed by atoms with Crippen molar-refractivity contribution in [2.45, 2.75) is 20.4 Å². The van der Waals surface area contributed by atoms with E-state index in [9.17, 15) is 0 Å². The molecule has 0 radical (unpaired) electrons. The average molecular weight is 205 g/mol. The Morgan fingerprint density at radius 2 is 2.20 bits per heavy atom. The van der Waals surface area contributed by atoms with E-state index in [1.54, 1.807) is 10.9 Å². The predicted octanol–water partition coefficient (Wildman–Crippen LogP) is 1.19. The van der Waals surface area contributed by atoms with Crippen molar-refractivity contribution >= 4 is 5.69 Å². The van der Waals surface area contributed by atoms with Crippen LogP contribution in [0.25, 0.3) is 11.4 Å². The molecule has 2 aromatic heterocycles. The lowest BCUT2D eigenvalue weighted by Gasteiger charge is -2.05. The normalized spacial score (nSPS) is 10.9. The molecular formula is C10H15N5. The van der Waals surface area contributed by atoms with Crippen LogP contribution in [0.15, 0.2) is 12.3 Å². The third kappa shape index (κ3) is 1.49. The third-order valence-electron chi connectivity index (χ3n) is 2.41. The van der Waals surface area contributed by atoms with E-state index in [-0.39, 0.29) is 0 Å². The number of nitrogens with two attached hydrogens (primary N) is 1. The number of nitrogen functional groups attached to an aromatic ring is 1. The van der Waals surface area contributed by atoms with Gasteiger partial charge in [0.15, 0.2) is 0 Å². The van der Waals surface area contributed by atoms with E-state index >= 15 is 0 Å². The highest BCUT2D eigenvalue weighted by atomic mass is 15.3. The molecule has 80 valence electrons. The quantitative estimate of drug-likeness (QED) is 0.801. The summed E-state index contributed by atoms with van der Waals surface area (Å²) in [5.41, 5.74) is 9.51. The third-order valence-corrected chi connectivity index (χ3v) is 2.41. The number of hydrogen-bond acceptors (Lipinski definition) is 3. The zero-order valence-electron chi connectivity index (χ0n) is 9.23. The van der Waals surface area contributed by atoms with E-state index in [0.717, 1.165) is 23.6 Å². The highest BCUT2D eigenvalue weighted by Crippen LogP contribution is 2.25. The Bertz CT molecular complexity index is 460. The standard InChI is InChI=1S/C10H15N5/c1-4-15-9(5-7(2)13-15)10-8(11)6-12-14(10)3/h5-6H,4,11H2,1-3H3. The number of hydrogen-bond donors (Lipinski definition) is 1. The summed E-state index contributed by atoms with van der Waals surface area (Å²) in [6.45, 7) is 4.86. The summed E-state index contributed by atoms with van der Waals surface area (Å²) in [4.78, 5) is 0. The van der Waals surface area contributed by atoms with Gasteiger partial charge >= 0.3 is 0 Å². The maximum absolute atomic E-state index is 5.88. The number of nitrogens with zero attached hydrogens (tertiary/aromatic N) is 4. The molecule has 2 heterocycles. The van der Waals surface area contributed by atoms with Crippen LogP contribution in [-0.2, 0) is 13.6 Å². The van der Waals surface area contributed by atoms with Crippen LogP contribution in [0, 0.1) is 6.92 Å². The fourth-order valence-corrected chi connectivity index (χ4v) is 1.75. The summed E-state index contributed by atoms with van der Waals surface area (Å²) in [5, 5.41) is 8.52. The Labute approximate surface area is 88.5 Å². The number of aromatic nitrogens is 4. The number of rotatable bonds is 2.